The molecule has 2 rings (SSSR count). The third kappa shape index (κ3) is 2.46. The summed E-state index contributed by atoms with van der Waals surface area (Å²) in [6, 6.07) is 8.14. The second-order valence-corrected chi connectivity index (χ2v) is 4.15. The third-order valence-corrected chi connectivity index (χ3v) is 2.78. The highest BCUT2D eigenvalue weighted by molar-refractivity contribution is 7.16. The molecular formula is C11H7FN4S. The Morgan fingerprint density at radius 2 is 2.18 bits per heavy atom. The maximum Gasteiger partial charge on any atom is 0.203 e. The van der Waals surface area contributed by atoms with Crippen molar-refractivity contribution >= 4 is 28.1 Å². The number of aromatic nitrogens is 2. The standard InChI is InChI=1S/C11H7FN4S/c12-9-4-2-1-3-7(9)5-8(6-13)10-15-16-11(14)17-10/h1-5H,(H2,14,16). The highest BCUT2D eigenvalue weighted by Gasteiger charge is 2.08. The van der Waals surface area contributed by atoms with E-state index in [2.05, 4.69) is 10.2 Å². The minimum Gasteiger partial charge on any atom is -0.374 e. The molecule has 0 spiro atoms. The molecule has 0 unspecified atom stereocenters. The molecule has 0 aliphatic heterocycles. The van der Waals surface area contributed by atoms with Crippen molar-refractivity contribution in [2.45, 2.75) is 0 Å². The zero-order valence-corrected chi connectivity index (χ0v) is 9.41. The first-order chi connectivity index (χ1) is 8.20. The summed E-state index contributed by atoms with van der Waals surface area (Å²) in [5.74, 6) is -0.391. The Morgan fingerprint density at radius 3 is 2.76 bits per heavy atom. The van der Waals surface area contributed by atoms with Gasteiger partial charge in [-0.25, -0.2) is 4.39 Å². The predicted octanol–water partition coefficient (Wildman–Crippen LogP) is 2.32. The van der Waals surface area contributed by atoms with Gasteiger partial charge < -0.3 is 5.73 Å². The molecule has 4 nitrogen and oxygen atoms in total. The van der Waals surface area contributed by atoms with E-state index in [1.54, 1.807) is 18.2 Å². The molecule has 0 radical (unpaired) electrons. The van der Waals surface area contributed by atoms with Crippen LogP contribution in [0, 0.1) is 17.1 Å². The molecule has 1 aromatic carbocycles. The minimum absolute atomic E-state index is 0.240. The van der Waals surface area contributed by atoms with Crippen LogP contribution in [-0.2, 0) is 0 Å². The van der Waals surface area contributed by atoms with Gasteiger partial charge in [-0.1, -0.05) is 29.5 Å². The van der Waals surface area contributed by atoms with Crippen molar-refractivity contribution in [1.29, 1.82) is 5.26 Å². The van der Waals surface area contributed by atoms with Gasteiger partial charge in [0.05, 0.1) is 5.57 Å². The maximum absolute atomic E-state index is 13.4. The minimum atomic E-state index is -0.391. The largest absolute Gasteiger partial charge is 0.374 e. The topological polar surface area (TPSA) is 75.6 Å². The Balaban J connectivity index is 2.44. The van der Waals surface area contributed by atoms with Gasteiger partial charge >= 0.3 is 0 Å². The van der Waals surface area contributed by atoms with Gasteiger partial charge in [0.1, 0.15) is 11.9 Å². The van der Waals surface area contributed by atoms with Crippen molar-refractivity contribution in [3.63, 3.8) is 0 Å². The number of hydrogen-bond acceptors (Lipinski definition) is 5. The predicted molar refractivity (Wildman–Crippen MR) is 64.2 cm³/mol. The fraction of sp³-hybridized carbons (Fsp3) is 0. The molecule has 17 heavy (non-hydrogen) atoms. The van der Waals surface area contributed by atoms with Crippen molar-refractivity contribution < 1.29 is 4.39 Å². The van der Waals surface area contributed by atoms with Gasteiger partial charge in [-0.05, 0) is 12.1 Å². The number of nitrogens with two attached hydrogens (primary N) is 1. The SMILES string of the molecule is N#CC(=Cc1ccccc1F)c1nnc(N)s1. The molecule has 0 saturated carbocycles. The maximum atomic E-state index is 13.4. The molecule has 0 fully saturated rings. The van der Waals surface area contributed by atoms with Gasteiger partial charge in [-0.2, -0.15) is 5.26 Å². The van der Waals surface area contributed by atoms with Crippen LogP contribution in [-0.4, -0.2) is 10.2 Å². The number of hydrogen-bond donors (Lipinski definition) is 1. The van der Waals surface area contributed by atoms with Crippen molar-refractivity contribution in [3.05, 3.63) is 40.7 Å². The number of nitrogen functional groups attached to an aromatic ring is 1. The molecule has 1 aromatic heterocycles. The molecule has 0 atom stereocenters. The van der Waals surface area contributed by atoms with Gasteiger partial charge in [-0.15, -0.1) is 10.2 Å². The lowest BCUT2D eigenvalue weighted by Crippen LogP contribution is -1.84. The van der Waals surface area contributed by atoms with Crippen LogP contribution in [0.4, 0.5) is 9.52 Å². The van der Waals surface area contributed by atoms with Gasteiger partial charge in [0.15, 0.2) is 5.01 Å². The Bertz CT molecular complexity index is 612. The average molecular weight is 246 g/mol. The van der Waals surface area contributed by atoms with E-state index in [1.807, 2.05) is 6.07 Å². The van der Waals surface area contributed by atoms with E-state index in [4.69, 9.17) is 11.0 Å². The monoisotopic (exact) mass is 246 g/mol. The van der Waals surface area contributed by atoms with E-state index in [0.29, 0.717) is 10.6 Å². The molecule has 6 heteroatoms. The average Bonchev–Trinajstić information content (AvgIpc) is 2.75. The Morgan fingerprint density at radius 1 is 1.41 bits per heavy atom. The number of rotatable bonds is 2. The van der Waals surface area contributed by atoms with Gasteiger partial charge in [0.25, 0.3) is 0 Å². The van der Waals surface area contributed by atoms with Crippen LogP contribution in [0.5, 0.6) is 0 Å². The summed E-state index contributed by atoms with van der Waals surface area (Å²) in [7, 11) is 0. The van der Waals surface area contributed by atoms with E-state index in [-0.39, 0.29) is 10.7 Å². The summed E-state index contributed by atoms with van der Waals surface area (Å²) >= 11 is 1.09. The van der Waals surface area contributed by atoms with Crippen LogP contribution in [0.2, 0.25) is 0 Å². The molecule has 0 amide bonds. The second kappa shape index (κ2) is 4.72. The molecule has 2 aromatic rings. The number of nitriles is 1. The van der Waals surface area contributed by atoms with E-state index in [1.165, 1.54) is 12.1 Å². The fourth-order valence-electron chi connectivity index (χ4n) is 1.23. The lowest BCUT2D eigenvalue weighted by Gasteiger charge is -1.96. The van der Waals surface area contributed by atoms with E-state index in [0.717, 1.165) is 11.3 Å². The summed E-state index contributed by atoms with van der Waals surface area (Å²) in [5.41, 5.74) is 6.00. The summed E-state index contributed by atoms with van der Waals surface area (Å²) < 4.78 is 13.4. The van der Waals surface area contributed by atoms with Gasteiger partial charge in [-0.3, -0.25) is 0 Å². The van der Waals surface area contributed by atoms with Crippen LogP contribution in [0.1, 0.15) is 10.6 Å². The van der Waals surface area contributed by atoms with Crippen LogP contribution in [0.3, 0.4) is 0 Å². The van der Waals surface area contributed by atoms with Crippen molar-refractivity contribution in [1.82, 2.24) is 10.2 Å². The van der Waals surface area contributed by atoms with Crippen molar-refractivity contribution in [2.24, 2.45) is 0 Å². The molecule has 84 valence electrons. The zero-order chi connectivity index (χ0) is 12.3. The third-order valence-electron chi connectivity index (χ3n) is 2.00. The number of anilines is 1. The quantitative estimate of drug-likeness (QED) is 0.825. The summed E-state index contributed by atoms with van der Waals surface area (Å²) in [5, 5.41) is 17.0. The van der Waals surface area contributed by atoms with Crippen LogP contribution >= 0.6 is 11.3 Å². The number of nitrogens with zero attached hydrogens (tertiary/aromatic N) is 3. The van der Waals surface area contributed by atoms with E-state index in [9.17, 15) is 4.39 Å². The molecule has 0 bridgehead atoms. The summed E-state index contributed by atoms with van der Waals surface area (Å²) in [6.45, 7) is 0. The highest BCUT2D eigenvalue weighted by atomic mass is 32.1. The first-order valence-electron chi connectivity index (χ1n) is 4.66. The normalized spacial score (nSPS) is 11.2. The van der Waals surface area contributed by atoms with Crippen LogP contribution in [0.15, 0.2) is 24.3 Å². The van der Waals surface area contributed by atoms with E-state index < -0.39 is 5.82 Å². The Labute approximate surface area is 101 Å². The number of halogens is 1. The van der Waals surface area contributed by atoms with Crippen LogP contribution < -0.4 is 5.73 Å². The highest BCUT2D eigenvalue weighted by Crippen LogP contribution is 2.23. The molecule has 2 N–H and O–H groups in total. The summed E-state index contributed by atoms with van der Waals surface area (Å²) in [6.07, 6.45) is 1.43. The van der Waals surface area contributed by atoms with Crippen LogP contribution in [0.25, 0.3) is 11.6 Å². The van der Waals surface area contributed by atoms with Gasteiger partial charge in [0, 0.05) is 5.56 Å². The zero-order valence-electron chi connectivity index (χ0n) is 8.59. The first kappa shape index (κ1) is 11.2. The molecule has 1 heterocycles. The number of benzene rings is 1. The Hall–Kier alpha value is -2.26. The second-order valence-electron chi connectivity index (χ2n) is 3.14. The lowest BCUT2D eigenvalue weighted by atomic mass is 10.1. The molecular weight excluding hydrogens is 239 g/mol. The number of allylic oxidation sites excluding steroid dienone is 1. The smallest absolute Gasteiger partial charge is 0.203 e. The van der Waals surface area contributed by atoms with Gasteiger partial charge in [0.2, 0.25) is 5.13 Å². The van der Waals surface area contributed by atoms with Crippen molar-refractivity contribution in [3.8, 4) is 6.07 Å². The fourth-order valence-corrected chi connectivity index (χ4v) is 1.81. The lowest BCUT2D eigenvalue weighted by molar-refractivity contribution is 0.625. The molecule has 0 saturated heterocycles. The Kier molecular flexibility index (Phi) is 3.12. The molecule has 0 aliphatic carbocycles. The molecule has 0 aliphatic rings. The first-order valence-corrected chi connectivity index (χ1v) is 5.48. The van der Waals surface area contributed by atoms with Crippen molar-refractivity contribution in [2.75, 3.05) is 5.73 Å². The summed E-state index contributed by atoms with van der Waals surface area (Å²) in [4.78, 5) is 0. The van der Waals surface area contributed by atoms with E-state index >= 15 is 0 Å².